The van der Waals surface area contributed by atoms with Crippen LogP contribution in [0.2, 0.25) is 0 Å². The minimum atomic E-state index is -4.72. The molecule has 2 aromatic heterocycles. The second-order valence-corrected chi connectivity index (χ2v) is 5.69. The highest BCUT2D eigenvalue weighted by molar-refractivity contribution is 5.25. The van der Waals surface area contributed by atoms with Crippen LogP contribution in [0.4, 0.5) is 26.3 Å². The summed E-state index contributed by atoms with van der Waals surface area (Å²) >= 11 is 0. The molecule has 26 heavy (non-hydrogen) atoms. The Kier molecular flexibility index (Phi) is 5.57. The predicted octanol–water partition coefficient (Wildman–Crippen LogP) is 3.92. The van der Waals surface area contributed by atoms with E-state index >= 15 is 0 Å². The predicted molar refractivity (Wildman–Crippen MR) is 77.6 cm³/mol. The van der Waals surface area contributed by atoms with Gasteiger partial charge in [-0.1, -0.05) is 6.92 Å². The molecule has 0 radical (unpaired) electrons. The van der Waals surface area contributed by atoms with Crippen molar-refractivity contribution >= 4 is 0 Å². The fourth-order valence-electron chi connectivity index (χ4n) is 2.35. The summed E-state index contributed by atoms with van der Waals surface area (Å²) in [5.74, 6) is -1.10. The van der Waals surface area contributed by atoms with Gasteiger partial charge in [-0.15, -0.1) is 0 Å². The first-order valence-corrected chi connectivity index (χ1v) is 7.33. The van der Waals surface area contributed by atoms with Crippen LogP contribution in [0.25, 0.3) is 0 Å². The number of aliphatic hydroxyl groups is 2. The van der Waals surface area contributed by atoms with E-state index in [0.29, 0.717) is 12.1 Å². The van der Waals surface area contributed by atoms with Gasteiger partial charge >= 0.3 is 12.4 Å². The summed E-state index contributed by atoms with van der Waals surface area (Å²) < 4.78 is 76.2. The maximum Gasteiger partial charge on any atom is 0.433 e. The van der Waals surface area contributed by atoms with Crippen LogP contribution in [0.1, 0.15) is 41.6 Å². The molecule has 0 fully saturated rings. The van der Waals surface area contributed by atoms with Crippen molar-refractivity contribution < 1.29 is 36.6 Å². The molecular weight excluding hydrogens is 366 g/mol. The second-order valence-electron chi connectivity index (χ2n) is 5.69. The quantitative estimate of drug-likeness (QED) is 0.790. The Hall–Kier alpha value is -2.20. The summed E-state index contributed by atoms with van der Waals surface area (Å²) in [6.07, 6.45) is -10.8. The van der Waals surface area contributed by atoms with Crippen molar-refractivity contribution in [3.8, 4) is 0 Å². The topological polar surface area (TPSA) is 66.2 Å². The van der Waals surface area contributed by atoms with Gasteiger partial charge in [0.2, 0.25) is 0 Å². The molecule has 0 aliphatic rings. The van der Waals surface area contributed by atoms with Crippen molar-refractivity contribution in [2.75, 3.05) is 0 Å². The van der Waals surface area contributed by atoms with Gasteiger partial charge in [0.1, 0.15) is 11.4 Å². The van der Waals surface area contributed by atoms with Gasteiger partial charge in [-0.2, -0.15) is 26.3 Å². The first kappa shape index (κ1) is 20.1. The lowest BCUT2D eigenvalue weighted by Gasteiger charge is -2.25. The number of hydrogen-bond acceptors (Lipinski definition) is 4. The zero-order valence-electron chi connectivity index (χ0n) is 13.3. The first-order valence-electron chi connectivity index (χ1n) is 7.33. The van der Waals surface area contributed by atoms with E-state index in [2.05, 4.69) is 9.97 Å². The number of nitrogens with zero attached hydrogens (tertiary/aromatic N) is 2. The van der Waals surface area contributed by atoms with Crippen LogP contribution in [0.15, 0.2) is 36.7 Å². The Morgan fingerprint density at radius 2 is 1.12 bits per heavy atom. The Labute approximate surface area is 144 Å². The van der Waals surface area contributed by atoms with Gasteiger partial charge in [-0.3, -0.25) is 9.97 Å². The second kappa shape index (κ2) is 7.20. The van der Waals surface area contributed by atoms with E-state index in [4.69, 9.17) is 0 Å². The Morgan fingerprint density at radius 1 is 0.769 bits per heavy atom. The zero-order chi connectivity index (χ0) is 19.7. The molecule has 2 heterocycles. The number of halogens is 6. The van der Waals surface area contributed by atoms with Gasteiger partial charge in [-0.25, -0.2) is 0 Å². The summed E-state index contributed by atoms with van der Waals surface area (Å²) in [6.45, 7) is 1.30. The van der Waals surface area contributed by atoms with Crippen molar-refractivity contribution in [3.05, 3.63) is 59.2 Å². The van der Waals surface area contributed by atoms with Crippen LogP contribution < -0.4 is 0 Å². The average Bonchev–Trinajstić information content (AvgIpc) is 2.58. The number of pyridine rings is 2. The van der Waals surface area contributed by atoms with E-state index in [-0.39, 0.29) is 11.1 Å². The number of alkyl halides is 6. The molecule has 0 saturated heterocycles. The lowest BCUT2D eigenvalue weighted by Crippen LogP contribution is -2.19. The van der Waals surface area contributed by atoms with Crippen LogP contribution in [0.3, 0.4) is 0 Å². The summed E-state index contributed by atoms with van der Waals surface area (Å²) in [6, 6.07) is 3.52. The van der Waals surface area contributed by atoms with E-state index in [0.717, 1.165) is 24.5 Å². The third-order valence-electron chi connectivity index (χ3n) is 3.83. The van der Waals surface area contributed by atoms with Gasteiger partial charge < -0.3 is 10.2 Å². The van der Waals surface area contributed by atoms with Gasteiger partial charge in [0.15, 0.2) is 0 Å². The molecule has 0 bridgehead atoms. The highest BCUT2D eigenvalue weighted by atomic mass is 19.4. The monoisotopic (exact) mass is 380 g/mol. The lowest BCUT2D eigenvalue weighted by atomic mass is 9.89. The largest absolute Gasteiger partial charge is 0.433 e. The lowest BCUT2D eigenvalue weighted by molar-refractivity contribution is -0.142. The highest BCUT2D eigenvalue weighted by Crippen LogP contribution is 2.36. The molecule has 0 aromatic carbocycles. The number of aromatic nitrogens is 2. The van der Waals surface area contributed by atoms with Gasteiger partial charge in [0.25, 0.3) is 0 Å². The smallest absolute Gasteiger partial charge is 0.388 e. The average molecular weight is 380 g/mol. The van der Waals surface area contributed by atoms with Crippen LogP contribution in [0.5, 0.6) is 0 Å². The first-order chi connectivity index (χ1) is 11.9. The minimum Gasteiger partial charge on any atom is -0.388 e. The molecule has 0 aliphatic carbocycles. The van der Waals surface area contributed by atoms with Crippen LogP contribution in [-0.2, 0) is 12.4 Å². The summed E-state index contributed by atoms with van der Waals surface area (Å²) in [4.78, 5) is 6.32. The molecule has 10 heteroatoms. The normalized spacial score (nSPS) is 16.2. The van der Waals surface area contributed by atoms with Gasteiger partial charge in [-0.05, 0) is 35.4 Å². The maximum atomic E-state index is 12.7. The van der Waals surface area contributed by atoms with E-state index < -0.39 is 41.9 Å². The molecule has 0 aliphatic heterocycles. The van der Waals surface area contributed by atoms with Gasteiger partial charge in [0, 0.05) is 18.3 Å². The number of hydrogen-bond donors (Lipinski definition) is 2. The molecule has 0 saturated carbocycles. The standard InChI is InChI=1S/C16H14F6N2O2/c1-8(13(25)9-2-4-23-11(6-9)15(17,18)19)14(26)10-3-5-24-12(7-10)16(20,21)22/h2-8,13-14,25-26H,1H3. The molecule has 4 nitrogen and oxygen atoms in total. The third kappa shape index (κ3) is 4.50. The number of rotatable bonds is 4. The molecular formula is C16H14F6N2O2. The molecule has 2 atom stereocenters. The van der Waals surface area contributed by atoms with E-state index in [1.807, 2.05) is 0 Å². The molecule has 2 unspecified atom stereocenters. The molecule has 2 aromatic rings. The summed E-state index contributed by atoms with van der Waals surface area (Å²) in [5, 5.41) is 20.5. The van der Waals surface area contributed by atoms with E-state index in [1.165, 1.54) is 6.92 Å². The zero-order valence-corrected chi connectivity index (χ0v) is 13.3. The SMILES string of the molecule is CC(C(O)c1ccnc(C(F)(F)F)c1)C(O)c1ccnc(C(F)(F)F)c1. The van der Waals surface area contributed by atoms with Crippen molar-refractivity contribution in [3.63, 3.8) is 0 Å². The molecule has 2 rings (SSSR count). The maximum absolute atomic E-state index is 12.7. The number of aliphatic hydroxyl groups excluding tert-OH is 2. The minimum absolute atomic E-state index is 0.163. The van der Waals surface area contributed by atoms with Crippen molar-refractivity contribution in [2.45, 2.75) is 31.5 Å². The van der Waals surface area contributed by atoms with Crippen LogP contribution >= 0.6 is 0 Å². The summed E-state index contributed by atoms with van der Waals surface area (Å²) in [7, 11) is 0. The molecule has 0 spiro atoms. The van der Waals surface area contributed by atoms with Crippen molar-refractivity contribution in [1.29, 1.82) is 0 Å². The van der Waals surface area contributed by atoms with Crippen molar-refractivity contribution in [1.82, 2.24) is 9.97 Å². The molecule has 142 valence electrons. The van der Waals surface area contributed by atoms with E-state index in [9.17, 15) is 36.6 Å². The fourth-order valence-corrected chi connectivity index (χ4v) is 2.35. The van der Waals surface area contributed by atoms with Crippen molar-refractivity contribution in [2.24, 2.45) is 5.92 Å². The third-order valence-corrected chi connectivity index (χ3v) is 3.83. The molecule has 0 amide bonds. The van der Waals surface area contributed by atoms with E-state index in [1.54, 1.807) is 0 Å². The highest BCUT2D eigenvalue weighted by Gasteiger charge is 2.35. The Balaban J connectivity index is 2.27. The Morgan fingerprint density at radius 3 is 1.42 bits per heavy atom. The Bertz CT molecular complexity index is 699. The fraction of sp³-hybridized carbons (Fsp3) is 0.375. The van der Waals surface area contributed by atoms with Gasteiger partial charge in [0.05, 0.1) is 12.2 Å². The van der Waals surface area contributed by atoms with Crippen LogP contribution in [-0.4, -0.2) is 20.2 Å². The summed E-state index contributed by atoms with van der Waals surface area (Å²) in [5.41, 5.74) is -2.77. The van der Waals surface area contributed by atoms with Crippen LogP contribution in [0, 0.1) is 5.92 Å². The molecule has 2 N–H and O–H groups in total.